The Kier molecular flexibility index (Phi) is 3.17. The molecule has 4 heteroatoms. The van der Waals surface area contributed by atoms with Gasteiger partial charge in [-0.05, 0) is 20.3 Å². The van der Waals surface area contributed by atoms with Crippen LogP contribution in [0.2, 0.25) is 0 Å². The van der Waals surface area contributed by atoms with Crippen LogP contribution in [0.25, 0.3) is 0 Å². The van der Waals surface area contributed by atoms with Gasteiger partial charge < -0.3 is 9.84 Å². The number of aliphatic hydroxyl groups is 1. The van der Waals surface area contributed by atoms with Crippen LogP contribution in [0.15, 0.2) is 16.4 Å². The van der Waals surface area contributed by atoms with Crippen molar-refractivity contribution < 1.29 is 9.84 Å². The smallest absolute Gasteiger partial charge is 0.292 e. The summed E-state index contributed by atoms with van der Waals surface area (Å²) in [4.78, 5) is 4.14. The molecule has 2 N–H and O–H groups in total. The molecule has 0 fully saturated rings. The molecule has 0 aromatic rings. The van der Waals surface area contributed by atoms with Crippen molar-refractivity contribution >= 4 is 6.02 Å². The van der Waals surface area contributed by atoms with Gasteiger partial charge in [-0.2, -0.15) is 0 Å². The highest BCUT2D eigenvalue weighted by Crippen LogP contribution is 2.09. The van der Waals surface area contributed by atoms with Crippen LogP contribution in [0, 0.1) is 0 Å². The first kappa shape index (κ1) is 9.89. The number of hydrogen-bond donors (Lipinski definition) is 2. The molecule has 1 rings (SSSR count). The number of nitrogens with zero attached hydrogens (tertiary/aromatic N) is 1. The molecule has 0 saturated heterocycles. The Hall–Kier alpha value is -1.19. The summed E-state index contributed by atoms with van der Waals surface area (Å²) in [6.07, 6.45) is 0.874. The molecule has 4 nitrogen and oxygen atoms in total. The minimum Gasteiger partial charge on any atom is -0.494 e. The molecule has 0 spiro atoms. The quantitative estimate of drug-likeness (QED) is 0.684. The van der Waals surface area contributed by atoms with Crippen molar-refractivity contribution in [3.8, 4) is 0 Å². The number of aliphatic imine (C=N–C) groups is 1. The van der Waals surface area contributed by atoms with Crippen LogP contribution in [0.3, 0.4) is 0 Å². The Bertz CT molecular complexity index is 244. The molecule has 1 heterocycles. The number of ether oxygens (including phenoxy) is 1. The van der Waals surface area contributed by atoms with Crippen LogP contribution in [0.5, 0.6) is 0 Å². The minimum absolute atomic E-state index is 0.0715. The van der Waals surface area contributed by atoms with Crippen LogP contribution in [-0.2, 0) is 4.74 Å². The third kappa shape index (κ3) is 2.65. The Labute approximate surface area is 78.3 Å². The molecule has 13 heavy (non-hydrogen) atoms. The first-order chi connectivity index (χ1) is 6.13. The molecule has 74 valence electrons. The molecule has 0 amide bonds. The van der Waals surface area contributed by atoms with E-state index < -0.39 is 0 Å². The van der Waals surface area contributed by atoms with E-state index in [0.717, 1.165) is 12.0 Å². The second kappa shape index (κ2) is 4.16. The lowest BCUT2D eigenvalue weighted by Gasteiger charge is -2.19. The Morgan fingerprint density at radius 3 is 2.77 bits per heavy atom. The van der Waals surface area contributed by atoms with Gasteiger partial charge in [0, 0.05) is 5.57 Å². The maximum absolute atomic E-state index is 9.46. The van der Waals surface area contributed by atoms with Gasteiger partial charge in [0.2, 0.25) is 0 Å². The zero-order valence-corrected chi connectivity index (χ0v) is 8.29. The predicted molar refractivity (Wildman–Crippen MR) is 51.6 cm³/mol. The summed E-state index contributed by atoms with van der Waals surface area (Å²) in [7, 11) is 0. The molecule has 0 unspecified atom stereocenters. The maximum Gasteiger partial charge on any atom is 0.292 e. The Morgan fingerprint density at radius 1 is 1.62 bits per heavy atom. The highest BCUT2D eigenvalue weighted by atomic mass is 16.5. The van der Waals surface area contributed by atoms with Crippen LogP contribution in [-0.4, -0.2) is 23.8 Å². The van der Waals surface area contributed by atoms with Crippen molar-refractivity contribution in [3.63, 3.8) is 0 Å². The van der Waals surface area contributed by atoms with E-state index in [1.807, 2.05) is 20.8 Å². The van der Waals surface area contributed by atoms with Crippen LogP contribution in [0.1, 0.15) is 27.2 Å². The van der Waals surface area contributed by atoms with Gasteiger partial charge in [-0.25, -0.2) is 4.99 Å². The van der Waals surface area contributed by atoms with Crippen molar-refractivity contribution in [1.29, 1.82) is 0 Å². The Balaban J connectivity index is 2.54. The molecule has 1 aliphatic heterocycles. The molecule has 0 saturated carbocycles. The summed E-state index contributed by atoms with van der Waals surface area (Å²) >= 11 is 0. The molecule has 0 aromatic carbocycles. The summed E-state index contributed by atoms with van der Waals surface area (Å²) in [5.41, 5.74) is 0.913. The van der Waals surface area contributed by atoms with E-state index in [4.69, 9.17) is 4.74 Å². The maximum atomic E-state index is 9.46. The number of hydrogen-bond acceptors (Lipinski definition) is 4. The van der Waals surface area contributed by atoms with Gasteiger partial charge in [-0.15, -0.1) is 0 Å². The average Bonchev–Trinajstić information content (AvgIpc) is 2.03. The lowest BCUT2D eigenvalue weighted by atomic mass is 10.2. The van der Waals surface area contributed by atoms with Gasteiger partial charge >= 0.3 is 0 Å². The van der Waals surface area contributed by atoms with Crippen LogP contribution in [0.4, 0.5) is 0 Å². The Morgan fingerprint density at radius 2 is 2.31 bits per heavy atom. The molecular formula is C9H16N2O2. The SMILES string of the molecule is CCC1=C(O)NC(OC(C)C)=NC1. The molecule has 1 aliphatic rings. The van der Waals surface area contributed by atoms with Crippen molar-refractivity contribution in [2.75, 3.05) is 6.54 Å². The minimum atomic E-state index is 0.0715. The van der Waals surface area contributed by atoms with E-state index in [-0.39, 0.29) is 12.0 Å². The molecule has 0 aromatic heterocycles. The summed E-state index contributed by atoms with van der Waals surface area (Å²) in [6, 6.07) is 0.407. The number of rotatable bonds is 2. The zero-order chi connectivity index (χ0) is 9.84. The first-order valence-corrected chi connectivity index (χ1v) is 4.52. The second-order valence-corrected chi connectivity index (χ2v) is 3.22. The standard InChI is InChI=1S/C9H16N2O2/c1-4-7-5-10-9(11-8(7)12)13-6(2)3/h6,12H,4-5H2,1-3H3,(H,10,11). The molecule has 0 bridgehead atoms. The van der Waals surface area contributed by atoms with Gasteiger partial charge in [-0.3, -0.25) is 5.32 Å². The van der Waals surface area contributed by atoms with E-state index in [2.05, 4.69) is 10.3 Å². The van der Waals surface area contributed by atoms with E-state index in [0.29, 0.717) is 12.6 Å². The van der Waals surface area contributed by atoms with E-state index in [1.54, 1.807) is 0 Å². The summed E-state index contributed by atoms with van der Waals surface area (Å²) in [5.74, 6) is 0.188. The molecule has 0 atom stereocenters. The van der Waals surface area contributed by atoms with Gasteiger partial charge in [0.05, 0.1) is 12.6 Å². The average molecular weight is 184 g/mol. The lowest BCUT2D eigenvalue weighted by molar-refractivity contribution is 0.209. The van der Waals surface area contributed by atoms with Crippen LogP contribution < -0.4 is 5.32 Å². The first-order valence-electron chi connectivity index (χ1n) is 4.52. The van der Waals surface area contributed by atoms with Gasteiger partial charge in [0.15, 0.2) is 5.88 Å². The van der Waals surface area contributed by atoms with E-state index in [9.17, 15) is 5.11 Å². The number of amidine groups is 1. The summed E-state index contributed by atoms with van der Waals surface area (Å²) < 4.78 is 5.30. The van der Waals surface area contributed by atoms with Gasteiger partial charge in [0.1, 0.15) is 0 Å². The van der Waals surface area contributed by atoms with E-state index >= 15 is 0 Å². The fourth-order valence-electron chi connectivity index (χ4n) is 1.04. The van der Waals surface area contributed by atoms with E-state index in [1.165, 1.54) is 0 Å². The van der Waals surface area contributed by atoms with Gasteiger partial charge in [0.25, 0.3) is 6.02 Å². The fourth-order valence-corrected chi connectivity index (χ4v) is 1.04. The molecule has 0 aliphatic carbocycles. The lowest BCUT2D eigenvalue weighted by Crippen LogP contribution is -2.32. The van der Waals surface area contributed by atoms with Crippen molar-refractivity contribution in [2.45, 2.75) is 33.3 Å². The molecule has 0 radical (unpaired) electrons. The van der Waals surface area contributed by atoms with Gasteiger partial charge in [-0.1, -0.05) is 6.92 Å². The number of aliphatic hydroxyl groups excluding tert-OH is 1. The highest BCUT2D eigenvalue weighted by Gasteiger charge is 2.14. The topological polar surface area (TPSA) is 53.8 Å². The third-order valence-corrected chi connectivity index (χ3v) is 1.75. The van der Waals surface area contributed by atoms with Crippen molar-refractivity contribution in [1.82, 2.24) is 5.32 Å². The zero-order valence-electron chi connectivity index (χ0n) is 8.29. The predicted octanol–water partition coefficient (Wildman–Crippen LogP) is 1.55. The largest absolute Gasteiger partial charge is 0.494 e. The highest BCUT2D eigenvalue weighted by molar-refractivity contribution is 5.76. The van der Waals surface area contributed by atoms with Crippen molar-refractivity contribution in [3.05, 3.63) is 11.5 Å². The monoisotopic (exact) mass is 184 g/mol. The molecular weight excluding hydrogens is 168 g/mol. The number of nitrogens with one attached hydrogen (secondary N) is 1. The van der Waals surface area contributed by atoms with Crippen LogP contribution >= 0.6 is 0 Å². The third-order valence-electron chi connectivity index (χ3n) is 1.75. The second-order valence-electron chi connectivity index (χ2n) is 3.22. The normalized spacial score (nSPS) is 17.1. The summed E-state index contributed by atoms with van der Waals surface area (Å²) in [5, 5.41) is 12.2. The fraction of sp³-hybridized carbons (Fsp3) is 0.667. The summed E-state index contributed by atoms with van der Waals surface area (Å²) in [6.45, 7) is 6.34. The van der Waals surface area contributed by atoms with Crippen molar-refractivity contribution in [2.24, 2.45) is 4.99 Å².